The first-order valence-corrected chi connectivity index (χ1v) is 9.02. The number of nitrogens with zero attached hydrogens (tertiary/aromatic N) is 1. The fourth-order valence-corrected chi connectivity index (χ4v) is 4.41. The molecule has 3 rings (SSSR count). The Morgan fingerprint density at radius 2 is 2.24 bits per heavy atom. The van der Waals surface area contributed by atoms with Crippen LogP contribution in [-0.2, 0) is 4.79 Å². The smallest absolute Gasteiger partial charge is 0.222 e. The van der Waals surface area contributed by atoms with Gasteiger partial charge in [-0.3, -0.25) is 4.79 Å². The van der Waals surface area contributed by atoms with Gasteiger partial charge in [0.05, 0.1) is 0 Å². The first-order valence-electron chi connectivity index (χ1n) is 8.03. The van der Waals surface area contributed by atoms with Gasteiger partial charge in [0.2, 0.25) is 5.91 Å². The molecule has 3 nitrogen and oxygen atoms in total. The molecule has 4 heteroatoms. The summed E-state index contributed by atoms with van der Waals surface area (Å²) in [4.78, 5) is 15.2. The quantitative estimate of drug-likeness (QED) is 0.930. The zero-order valence-electron chi connectivity index (χ0n) is 12.7. The molecule has 1 aromatic rings. The van der Waals surface area contributed by atoms with Gasteiger partial charge in [0.1, 0.15) is 0 Å². The van der Waals surface area contributed by atoms with Crippen molar-refractivity contribution < 1.29 is 4.79 Å². The van der Waals surface area contributed by atoms with Gasteiger partial charge in [-0.15, -0.1) is 11.8 Å². The van der Waals surface area contributed by atoms with Crippen molar-refractivity contribution in [3.63, 3.8) is 0 Å². The summed E-state index contributed by atoms with van der Waals surface area (Å²) < 4.78 is 0. The second-order valence-corrected chi connectivity index (χ2v) is 7.06. The molecule has 0 aliphatic carbocycles. The summed E-state index contributed by atoms with van der Waals surface area (Å²) in [7, 11) is 0. The molecular formula is C17H24N2OS. The van der Waals surface area contributed by atoms with Crippen LogP contribution in [0.25, 0.3) is 0 Å². The van der Waals surface area contributed by atoms with Crippen molar-refractivity contribution in [3.8, 4) is 0 Å². The van der Waals surface area contributed by atoms with Crippen LogP contribution < -0.4 is 5.32 Å². The highest BCUT2D eigenvalue weighted by atomic mass is 32.2. The average Bonchev–Trinajstić information content (AvgIpc) is 2.89. The molecule has 1 amide bonds. The van der Waals surface area contributed by atoms with Crippen LogP contribution in [0.1, 0.15) is 44.2 Å². The van der Waals surface area contributed by atoms with Gasteiger partial charge >= 0.3 is 0 Å². The Hall–Kier alpha value is -1.00. The summed E-state index contributed by atoms with van der Waals surface area (Å²) in [5.41, 5.74) is 1.44. The van der Waals surface area contributed by atoms with Crippen molar-refractivity contribution in [2.75, 3.05) is 18.8 Å². The predicted octanol–water partition coefficient (Wildman–Crippen LogP) is 3.21. The average molecular weight is 304 g/mol. The van der Waals surface area contributed by atoms with Crippen molar-refractivity contribution in [2.24, 2.45) is 0 Å². The van der Waals surface area contributed by atoms with Crippen molar-refractivity contribution in [1.29, 1.82) is 0 Å². The summed E-state index contributed by atoms with van der Waals surface area (Å²) in [6.07, 6.45) is 4.15. The third-order valence-electron chi connectivity index (χ3n) is 4.47. The predicted molar refractivity (Wildman–Crippen MR) is 87.6 cm³/mol. The minimum atomic E-state index is 0.288. The van der Waals surface area contributed by atoms with Crippen LogP contribution in [0.5, 0.6) is 0 Å². The standard InChI is InChI=1S/C17H24N2OS/c1-2-17(20)19-10-9-13(12-19)18-15-7-5-11-21-16-8-4-3-6-14(15)16/h3-4,6,8,13,15,18H,2,5,7,9-12H2,1H3/t13-,15+/m0/s1. The van der Waals surface area contributed by atoms with Crippen molar-refractivity contribution >= 4 is 17.7 Å². The van der Waals surface area contributed by atoms with Gasteiger partial charge in [-0.05, 0) is 36.6 Å². The Morgan fingerprint density at radius 1 is 1.38 bits per heavy atom. The van der Waals surface area contributed by atoms with E-state index < -0.39 is 0 Å². The van der Waals surface area contributed by atoms with Crippen molar-refractivity contribution in [2.45, 2.75) is 49.6 Å². The molecule has 0 radical (unpaired) electrons. The van der Waals surface area contributed by atoms with E-state index in [-0.39, 0.29) is 5.91 Å². The summed E-state index contributed by atoms with van der Waals surface area (Å²) in [6, 6.07) is 9.66. The van der Waals surface area contributed by atoms with Crippen LogP contribution in [-0.4, -0.2) is 35.7 Å². The van der Waals surface area contributed by atoms with Gasteiger partial charge in [0.15, 0.2) is 0 Å². The lowest BCUT2D eigenvalue weighted by Crippen LogP contribution is -2.37. The highest BCUT2D eigenvalue weighted by Gasteiger charge is 2.28. The van der Waals surface area contributed by atoms with E-state index in [9.17, 15) is 4.79 Å². The highest BCUT2D eigenvalue weighted by Crippen LogP contribution is 2.35. The molecule has 1 fully saturated rings. The number of hydrogen-bond acceptors (Lipinski definition) is 3. The van der Waals surface area contributed by atoms with Crippen molar-refractivity contribution in [3.05, 3.63) is 29.8 Å². The van der Waals surface area contributed by atoms with E-state index in [0.717, 1.165) is 19.5 Å². The number of carbonyl (C=O) groups is 1. The lowest BCUT2D eigenvalue weighted by Gasteiger charge is -2.23. The first-order chi connectivity index (χ1) is 10.3. The van der Waals surface area contributed by atoms with Gasteiger partial charge in [-0.2, -0.15) is 0 Å². The van der Waals surface area contributed by atoms with Crippen LogP contribution in [0.2, 0.25) is 0 Å². The second-order valence-electron chi connectivity index (χ2n) is 5.93. The van der Waals surface area contributed by atoms with E-state index in [4.69, 9.17) is 0 Å². The Morgan fingerprint density at radius 3 is 3.10 bits per heavy atom. The third-order valence-corrected chi connectivity index (χ3v) is 5.65. The SMILES string of the molecule is CCC(=O)N1CC[C@H](N[C@@H]2CCCSc3ccccc32)C1. The number of benzene rings is 1. The summed E-state index contributed by atoms with van der Waals surface area (Å²) >= 11 is 1.98. The van der Waals surface area contributed by atoms with Crippen LogP contribution in [0, 0.1) is 0 Å². The number of nitrogens with one attached hydrogen (secondary N) is 1. The third kappa shape index (κ3) is 3.43. The number of thioether (sulfide) groups is 1. The van der Waals surface area contributed by atoms with E-state index in [1.165, 1.54) is 29.1 Å². The Balaban J connectivity index is 1.67. The van der Waals surface area contributed by atoms with Gasteiger partial charge in [-0.25, -0.2) is 0 Å². The minimum absolute atomic E-state index is 0.288. The van der Waals surface area contributed by atoms with Gasteiger partial charge in [0, 0.05) is 36.5 Å². The molecule has 2 atom stereocenters. The van der Waals surface area contributed by atoms with Gasteiger partial charge < -0.3 is 10.2 Å². The molecule has 21 heavy (non-hydrogen) atoms. The molecule has 0 bridgehead atoms. The van der Waals surface area contributed by atoms with Gasteiger partial charge in [0.25, 0.3) is 0 Å². The Bertz CT molecular complexity index is 505. The molecule has 2 heterocycles. The zero-order valence-corrected chi connectivity index (χ0v) is 13.5. The number of fused-ring (bicyclic) bond motifs is 1. The van der Waals surface area contributed by atoms with Crippen LogP contribution in [0.4, 0.5) is 0 Å². The normalized spacial score (nSPS) is 25.5. The molecule has 0 spiro atoms. The van der Waals surface area contributed by atoms with Crippen molar-refractivity contribution in [1.82, 2.24) is 10.2 Å². The minimum Gasteiger partial charge on any atom is -0.341 e. The first kappa shape index (κ1) is 14.9. The molecular weight excluding hydrogens is 280 g/mol. The van der Waals surface area contributed by atoms with Gasteiger partial charge in [-0.1, -0.05) is 25.1 Å². The lowest BCUT2D eigenvalue weighted by atomic mass is 10.0. The molecule has 0 unspecified atom stereocenters. The highest BCUT2D eigenvalue weighted by molar-refractivity contribution is 7.99. The largest absolute Gasteiger partial charge is 0.341 e. The van der Waals surface area contributed by atoms with E-state index in [2.05, 4.69) is 29.6 Å². The van der Waals surface area contributed by atoms with Crippen LogP contribution >= 0.6 is 11.8 Å². The molecule has 1 saturated heterocycles. The van der Waals surface area contributed by atoms with E-state index in [1.54, 1.807) is 0 Å². The Labute approximate surface area is 131 Å². The van der Waals surface area contributed by atoms with E-state index in [1.807, 2.05) is 23.6 Å². The monoisotopic (exact) mass is 304 g/mol. The maximum absolute atomic E-state index is 11.8. The number of rotatable bonds is 3. The summed E-state index contributed by atoms with van der Waals surface area (Å²) in [6.45, 7) is 3.73. The van der Waals surface area contributed by atoms with E-state index in [0.29, 0.717) is 18.5 Å². The topological polar surface area (TPSA) is 32.3 Å². The maximum atomic E-state index is 11.8. The number of amides is 1. The molecule has 2 aliphatic rings. The summed E-state index contributed by atoms with van der Waals surface area (Å²) in [5, 5.41) is 3.82. The molecule has 1 aromatic carbocycles. The molecule has 1 N–H and O–H groups in total. The number of hydrogen-bond donors (Lipinski definition) is 1. The zero-order chi connectivity index (χ0) is 14.7. The molecule has 0 aromatic heterocycles. The Kier molecular flexibility index (Phi) is 4.86. The molecule has 2 aliphatic heterocycles. The number of carbonyl (C=O) groups excluding carboxylic acids is 1. The van der Waals surface area contributed by atoms with Crippen LogP contribution in [0.3, 0.4) is 0 Å². The molecule has 0 saturated carbocycles. The van der Waals surface area contributed by atoms with E-state index >= 15 is 0 Å². The fourth-order valence-electron chi connectivity index (χ4n) is 3.33. The number of likely N-dealkylation sites (tertiary alicyclic amines) is 1. The second kappa shape index (κ2) is 6.84. The summed E-state index contributed by atoms with van der Waals surface area (Å²) in [5.74, 6) is 1.50. The lowest BCUT2D eigenvalue weighted by molar-refractivity contribution is -0.129. The molecule has 114 valence electrons. The fraction of sp³-hybridized carbons (Fsp3) is 0.588. The maximum Gasteiger partial charge on any atom is 0.222 e. The van der Waals surface area contributed by atoms with Crippen LogP contribution in [0.15, 0.2) is 29.2 Å².